The Labute approximate surface area is 364 Å². The number of ether oxygens (including phenoxy) is 1. The van der Waals surface area contributed by atoms with E-state index in [1.54, 1.807) is 0 Å². The summed E-state index contributed by atoms with van der Waals surface area (Å²) >= 11 is 0. The zero-order valence-corrected chi connectivity index (χ0v) is 36.0. The van der Waals surface area contributed by atoms with E-state index in [1.807, 2.05) is 0 Å². The lowest BCUT2D eigenvalue weighted by Gasteiger charge is -2.50. The van der Waals surface area contributed by atoms with Crippen molar-refractivity contribution in [3.8, 4) is 22.6 Å². The molecule has 12 rings (SSSR count). The molecule has 0 aliphatic carbocycles. The number of nitrogens with zero attached hydrogens (tertiary/aromatic N) is 1. The molecule has 0 atom stereocenters. The van der Waals surface area contributed by atoms with E-state index in [2.05, 4.69) is 254 Å². The fourth-order valence-electron chi connectivity index (χ4n) is 10.7. The highest BCUT2D eigenvalue weighted by Gasteiger charge is 2.59. The fraction of sp³-hybridized carbons (Fsp3) is 0. The molecule has 0 radical (unpaired) electrons. The third-order valence-corrected chi connectivity index (χ3v) is 23.6. The van der Waals surface area contributed by atoms with Crippen molar-refractivity contribution in [3.05, 3.63) is 249 Å². The standard InChI is InChI=1S/C58H41NOSi2/c1-4-19-42(20-5-1)43-35-37-45(38-36-43)59(50-28-18-22-44-21-10-11-27-49(44)50)46-39-40-52-58(41-46)62(53-30-13-12-29-51(53)60-52)56-33-16-14-31-54(56)61(47-23-6-2-7-24-47,48-25-8-3-9-26-48)55-32-15-17-34-57(55)62/h1-41H. The zero-order chi connectivity index (χ0) is 41.1. The first-order chi connectivity index (χ1) is 30.8. The largest absolute Gasteiger partial charge is 0.458 e. The Kier molecular flexibility index (Phi) is 8.56. The van der Waals surface area contributed by atoms with Gasteiger partial charge in [0.15, 0.2) is 16.1 Å². The van der Waals surface area contributed by atoms with Crippen LogP contribution in [0.4, 0.5) is 17.1 Å². The van der Waals surface area contributed by atoms with Gasteiger partial charge in [0.1, 0.15) is 11.5 Å². The highest BCUT2D eigenvalue weighted by atomic mass is 28.3. The number of hydrogen-bond donors (Lipinski definition) is 0. The van der Waals surface area contributed by atoms with Crippen LogP contribution in [-0.4, -0.2) is 16.1 Å². The smallest absolute Gasteiger partial charge is 0.188 e. The summed E-state index contributed by atoms with van der Waals surface area (Å²) in [5.74, 6) is 1.87. The molecule has 0 saturated carbocycles. The molecule has 4 heteroatoms. The van der Waals surface area contributed by atoms with Crippen molar-refractivity contribution in [2.24, 2.45) is 0 Å². The predicted octanol–water partition coefficient (Wildman–Crippen LogP) is 9.15. The summed E-state index contributed by atoms with van der Waals surface area (Å²) < 4.78 is 7.06. The number of benzene rings is 10. The van der Waals surface area contributed by atoms with E-state index in [1.165, 1.54) is 63.4 Å². The second-order valence-electron chi connectivity index (χ2n) is 16.3. The van der Waals surface area contributed by atoms with Crippen LogP contribution < -0.4 is 51.1 Å². The summed E-state index contributed by atoms with van der Waals surface area (Å²) in [6.07, 6.45) is 0. The highest BCUT2D eigenvalue weighted by Crippen LogP contribution is 2.41. The molecule has 10 aromatic carbocycles. The van der Waals surface area contributed by atoms with Gasteiger partial charge in [-0.2, -0.15) is 0 Å². The first-order valence-corrected chi connectivity index (χ1v) is 25.4. The molecule has 2 aliphatic heterocycles. The second-order valence-corrected chi connectivity index (χ2v) is 23.7. The SMILES string of the molecule is c1ccc(-c2ccc(N(c3ccc4c(c3)[Si]3(c5ccccc5O4)c4ccccc4[Si](c4ccccc4)(c4ccccc4)c4ccccc43)c3cccc4ccccc34)cc2)cc1. The summed E-state index contributed by atoms with van der Waals surface area (Å²) in [4.78, 5) is 2.45. The molecule has 1 spiro atoms. The number of fused-ring (bicyclic) bond motifs is 9. The Balaban J connectivity index is 1.17. The number of anilines is 3. The van der Waals surface area contributed by atoms with Crippen molar-refractivity contribution in [2.75, 3.05) is 4.90 Å². The van der Waals surface area contributed by atoms with Gasteiger partial charge < -0.3 is 9.64 Å². The van der Waals surface area contributed by atoms with Crippen molar-refractivity contribution in [1.29, 1.82) is 0 Å². The maximum absolute atomic E-state index is 7.06. The molecule has 0 saturated heterocycles. The molecule has 2 aliphatic rings. The summed E-state index contributed by atoms with van der Waals surface area (Å²) in [6.45, 7) is 0. The van der Waals surface area contributed by atoms with Crippen molar-refractivity contribution in [2.45, 2.75) is 0 Å². The first-order valence-electron chi connectivity index (χ1n) is 21.4. The quantitative estimate of drug-likeness (QED) is 0.155. The lowest BCUT2D eigenvalue weighted by molar-refractivity contribution is 0.487. The monoisotopic (exact) mass is 823 g/mol. The molecular formula is C58H41NOSi2. The normalized spacial score (nSPS) is 13.9. The van der Waals surface area contributed by atoms with Gasteiger partial charge in [-0.3, -0.25) is 0 Å². The maximum atomic E-state index is 7.06. The van der Waals surface area contributed by atoms with Gasteiger partial charge in [-0.1, -0.05) is 206 Å². The topological polar surface area (TPSA) is 12.5 Å². The summed E-state index contributed by atoms with van der Waals surface area (Å²) in [5, 5.41) is 13.5. The van der Waals surface area contributed by atoms with Gasteiger partial charge in [0.25, 0.3) is 0 Å². The van der Waals surface area contributed by atoms with Crippen LogP contribution in [0.1, 0.15) is 0 Å². The van der Waals surface area contributed by atoms with Crippen LogP contribution in [0.5, 0.6) is 11.5 Å². The van der Waals surface area contributed by atoms with E-state index >= 15 is 0 Å². The fourth-order valence-corrected chi connectivity index (χ4v) is 23.0. The van der Waals surface area contributed by atoms with Crippen LogP contribution in [0.15, 0.2) is 249 Å². The van der Waals surface area contributed by atoms with E-state index in [0.717, 1.165) is 28.6 Å². The maximum Gasteiger partial charge on any atom is 0.188 e. The van der Waals surface area contributed by atoms with Crippen molar-refractivity contribution in [1.82, 2.24) is 0 Å². The van der Waals surface area contributed by atoms with Crippen molar-refractivity contribution < 1.29 is 4.74 Å². The Morgan fingerprint density at radius 3 is 1.42 bits per heavy atom. The molecule has 2 nitrogen and oxygen atoms in total. The van der Waals surface area contributed by atoms with E-state index in [4.69, 9.17) is 4.74 Å². The number of rotatable bonds is 6. The Morgan fingerprint density at radius 2 is 0.774 bits per heavy atom. The van der Waals surface area contributed by atoms with Gasteiger partial charge in [0.2, 0.25) is 0 Å². The van der Waals surface area contributed by atoms with Crippen molar-refractivity contribution in [3.63, 3.8) is 0 Å². The van der Waals surface area contributed by atoms with Gasteiger partial charge in [0.05, 0.1) is 5.69 Å². The minimum atomic E-state index is -3.11. The first kappa shape index (κ1) is 36.4. The van der Waals surface area contributed by atoms with Crippen LogP contribution in [-0.2, 0) is 0 Å². The highest BCUT2D eigenvalue weighted by molar-refractivity contribution is 7.33. The Bertz CT molecular complexity index is 3180. The third kappa shape index (κ3) is 5.34. The average molecular weight is 824 g/mol. The van der Waals surface area contributed by atoms with Gasteiger partial charge >= 0.3 is 0 Å². The van der Waals surface area contributed by atoms with Crippen molar-refractivity contribution >= 4 is 85.5 Å². The molecule has 10 aromatic rings. The van der Waals surface area contributed by atoms with Gasteiger partial charge in [-0.15, -0.1) is 0 Å². The lowest BCUT2D eigenvalue weighted by atomic mass is 10.0. The van der Waals surface area contributed by atoms with Crippen LogP contribution in [0.2, 0.25) is 0 Å². The van der Waals surface area contributed by atoms with Crippen LogP contribution >= 0.6 is 0 Å². The molecule has 292 valence electrons. The summed E-state index contributed by atoms with van der Waals surface area (Å²) in [6, 6.07) is 92.5. The predicted molar refractivity (Wildman–Crippen MR) is 265 cm³/mol. The third-order valence-electron chi connectivity index (χ3n) is 13.3. The molecule has 0 N–H and O–H groups in total. The van der Waals surface area contributed by atoms with Gasteiger partial charge in [-0.05, 0) is 100 Å². The number of hydrogen-bond acceptors (Lipinski definition) is 2. The van der Waals surface area contributed by atoms with E-state index in [9.17, 15) is 0 Å². The van der Waals surface area contributed by atoms with E-state index in [0.29, 0.717) is 0 Å². The zero-order valence-electron chi connectivity index (χ0n) is 34.0. The summed E-state index contributed by atoms with van der Waals surface area (Å²) in [5.41, 5.74) is 5.71. The average Bonchev–Trinajstić information content (AvgIpc) is 3.35. The molecule has 0 aromatic heterocycles. The Hall–Kier alpha value is -7.51. The van der Waals surface area contributed by atoms with Gasteiger partial charge in [-0.25, -0.2) is 0 Å². The van der Waals surface area contributed by atoms with E-state index < -0.39 is 16.1 Å². The molecule has 0 bridgehead atoms. The molecular weight excluding hydrogens is 783 g/mol. The molecule has 0 fully saturated rings. The number of para-hydroxylation sites is 1. The molecule has 62 heavy (non-hydrogen) atoms. The molecule has 0 amide bonds. The minimum absolute atomic E-state index is 0.926. The Morgan fingerprint density at radius 1 is 0.306 bits per heavy atom. The van der Waals surface area contributed by atoms with Crippen LogP contribution in [0, 0.1) is 0 Å². The second kappa shape index (κ2) is 14.6. The van der Waals surface area contributed by atoms with E-state index in [-0.39, 0.29) is 0 Å². The molecule has 0 unspecified atom stereocenters. The molecule has 2 heterocycles. The van der Waals surface area contributed by atoms with Crippen LogP contribution in [0.3, 0.4) is 0 Å². The summed E-state index contributed by atoms with van der Waals surface area (Å²) in [7, 11) is -5.96. The lowest BCUT2D eigenvalue weighted by Crippen LogP contribution is -2.93. The van der Waals surface area contributed by atoms with Crippen LogP contribution in [0.25, 0.3) is 21.9 Å². The van der Waals surface area contributed by atoms with Gasteiger partial charge in [0, 0.05) is 16.8 Å². The minimum Gasteiger partial charge on any atom is -0.458 e.